The van der Waals surface area contributed by atoms with E-state index in [0.717, 1.165) is 0 Å². The highest BCUT2D eigenvalue weighted by molar-refractivity contribution is 6.33. The van der Waals surface area contributed by atoms with E-state index < -0.39 is 11.9 Å². The Morgan fingerprint density at radius 3 is 2.26 bits per heavy atom. The van der Waals surface area contributed by atoms with Crippen molar-refractivity contribution in [2.24, 2.45) is 0 Å². The van der Waals surface area contributed by atoms with Crippen LogP contribution in [0.5, 0.6) is 0 Å². The van der Waals surface area contributed by atoms with E-state index in [1.165, 1.54) is 25.1 Å². The van der Waals surface area contributed by atoms with E-state index >= 15 is 0 Å². The molecule has 0 aromatic heterocycles. The van der Waals surface area contributed by atoms with Crippen LogP contribution in [0.25, 0.3) is 11.1 Å². The minimum atomic E-state index is -1.21. The second-order valence-corrected chi connectivity index (χ2v) is 5.41. The van der Waals surface area contributed by atoms with E-state index in [4.69, 9.17) is 16.7 Å². The molecule has 0 saturated carbocycles. The molecule has 0 spiro atoms. The Labute approximate surface area is 137 Å². The number of benzene rings is 2. The van der Waals surface area contributed by atoms with Crippen LogP contribution in [0.15, 0.2) is 36.4 Å². The van der Waals surface area contributed by atoms with Crippen molar-refractivity contribution in [2.75, 3.05) is 0 Å². The molecule has 2 rings (SSSR count). The standard InChI is InChI=1S/C17H13ClO5/c1-9(19)10-4-5-13(15(18)7-10)11-2-3-12(8-16(20)21)14(6-11)17(22)23/h2-7H,8H2,1H3,(H,20,21)(H,22,23). The molecular weight excluding hydrogens is 320 g/mol. The maximum Gasteiger partial charge on any atom is 0.336 e. The van der Waals surface area contributed by atoms with Crippen molar-refractivity contribution in [1.82, 2.24) is 0 Å². The molecule has 2 N–H and O–H groups in total. The first-order chi connectivity index (χ1) is 10.8. The third-order valence-corrected chi connectivity index (χ3v) is 3.68. The molecule has 5 nitrogen and oxygen atoms in total. The summed E-state index contributed by atoms with van der Waals surface area (Å²) in [4.78, 5) is 33.5. The van der Waals surface area contributed by atoms with Gasteiger partial charge in [0, 0.05) is 16.1 Å². The number of aromatic carboxylic acids is 1. The molecule has 0 aliphatic carbocycles. The number of hydrogen-bond donors (Lipinski definition) is 2. The first kappa shape index (κ1) is 16.7. The summed E-state index contributed by atoms with van der Waals surface area (Å²) in [6.45, 7) is 1.43. The van der Waals surface area contributed by atoms with E-state index in [-0.39, 0.29) is 23.3 Å². The van der Waals surface area contributed by atoms with Crippen LogP contribution in [0.4, 0.5) is 0 Å². The molecule has 0 fully saturated rings. The van der Waals surface area contributed by atoms with Crippen molar-refractivity contribution in [3.63, 3.8) is 0 Å². The predicted molar refractivity (Wildman–Crippen MR) is 85.2 cm³/mol. The van der Waals surface area contributed by atoms with E-state index in [0.29, 0.717) is 21.7 Å². The number of hydrogen-bond acceptors (Lipinski definition) is 3. The average Bonchev–Trinajstić information content (AvgIpc) is 2.46. The van der Waals surface area contributed by atoms with Gasteiger partial charge in [0.2, 0.25) is 0 Å². The number of carbonyl (C=O) groups excluding carboxylic acids is 1. The highest BCUT2D eigenvalue weighted by Crippen LogP contribution is 2.30. The molecule has 0 unspecified atom stereocenters. The van der Waals surface area contributed by atoms with Crippen LogP contribution in [0.1, 0.15) is 33.2 Å². The molecule has 0 heterocycles. The Kier molecular flexibility index (Phi) is 4.81. The van der Waals surface area contributed by atoms with Gasteiger partial charge in [-0.3, -0.25) is 9.59 Å². The third kappa shape index (κ3) is 3.76. The number of halogens is 1. The Bertz CT molecular complexity index is 811. The predicted octanol–water partition coefficient (Wildman–Crippen LogP) is 3.53. The zero-order valence-electron chi connectivity index (χ0n) is 12.2. The third-order valence-electron chi connectivity index (χ3n) is 3.37. The number of aliphatic carboxylic acids is 1. The van der Waals surface area contributed by atoms with Gasteiger partial charge in [0.15, 0.2) is 5.78 Å². The molecular formula is C17H13ClO5. The number of carboxylic acids is 2. The number of ketones is 1. The first-order valence-corrected chi connectivity index (χ1v) is 7.06. The Morgan fingerprint density at radius 1 is 1.04 bits per heavy atom. The zero-order valence-corrected chi connectivity index (χ0v) is 12.9. The van der Waals surface area contributed by atoms with E-state index in [2.05, 4.69) is 0 Å². The average molecular weight is 333 g/mol. The van der Waals surface area contributed by atoms with E-state index in [1.807, 2.05) is 0 Å². The second kappa shape index (κ2) is 6.62. The summed E-state index contributed by atoms with van der Waals surface area (Å²) in [5.41, 5.74) is 1.69. The fourth-order valence-corrected chi connectivity index (χ4v) is 2.52. The minimum Gasteiger partial charge on any atom is -0.481 e. The minimum absolute atomic E-state index is 0.0865. The molecule has 0 amide bonds. The van der Waals surface area contributed by atoms with Crippen LogP contribution < -0.4 is 0 Å². The monoisotopic (exact) mass is 332 g/mol. The Morgan fingerprint density at radius 2 is 1.74 bits per heavy atom. The highest BCUT2D eigenvalue weighted by Gasteiger charge is 2.15. The SMILES string of the molecule is CC(=O)c1ccc(-c2ccc(CC(=O)O)c(C(=O)O)c2)c(Cl)c1. The van der Waals surface area contributed by atoms with E-state index in [9.17, 15) is 19.5 Å². The van der Waals surface area contributed by atoms with Gasteiger partial charge in [0.1, 0.15) is 0 Å². The fraction of sp³-hybridized carbons (Fsp3) is 0.118. The lowest BCUT2D eigenvalue weighted by atomic mass is 9.96. The van der Waals surface area contributed by atoms with Gasteiger partial charge >= 0.3 is 11.9 Å². The molecule has 6 heteroatoms. The normalized spacial score (nSPS) is 10.3. The number of rotatable bonds is 5. The molecule has 0 bridgehead atoms. The maximum absolute atomic E-state index is 11.3. The molecule has 0 saturated heterocycles. The molecule has 0 aliphatic rings. The van der Waals surface area contributed by atoms with E-state index in [1.54, 1.807) is 18.2 Å². The van der Waals surface area contributed by atoms with Crippen LogP contribution in [0.2, 0.25) is 5.02 Å². The molecule has 0 atom stereocenters. The second-order valence-electron chi connectivity index (χ2n) is 5.00. The topological polar surface area (TPSA) is 91.7 Å². The summed E-state index contributed by atoms with van der Waals surface area (Å²) in [6, 6.07) is 9.22. The van der Waals surface area contributed by atoms with Crippen LogP contribution in [-0.2, 0) is 11.2 Å². The largest absolute Gasteiger partial charge is 0.481 e. The van der Waals surface area contributed by atoms with Gasteiger partial charge in [-0.25, -0.2) is 4.79 Å². The van der Waals surface area contributed by atoms with Gasteiger partial charge < -0.3 is 10.2 Å². The summed E-state index contributed by atoms with van der Waals surface area (Å²) < 4.78 is 0. The van der Waals surface area contributed by atoms with Gasteiger partial charge in [0.25, 0.3) is 0 Å². The van der Waals surface area contributed by atoms with Gasteiger partial charge in [0.05, 0.1) is 12.0 Å². The molecule has 0 aliphatic heterocycles. The summed E-state index contributed by atoms with van der Waals surface area (Å²) >= 11 is 6.17. The Hall–Kier alpha value is -2.66. The lowest BCUT2D eigenvalue weighted by molar-refractivity contribution is -0.136. The van der Waals surface area contributed by atoms with Crippen molar-refractivity contribution in [3.8, 4) is 11.1 Å². The summed E-state index contributed by atoms with van der Waals surface area (Å²) in [5.74, 6) is -2.44. The first-order valence-electron chi connectivity index (χ1n) is 6.68. The highest BCUT2D eigenvalue weighted by atomic mass is 35.5. The van der Waals surface area contributed by atoms with Crippen molar-refractivity contribution in [2.45, 2.75) is 13.3 Å². The fourth-order valence-electron chi connectivity index (χ4n) is 2.23. The zero-order chi connectivity index (χ0) is 17.1. The van der Waals surface area contributed by atoms with Crippen molar-refractivity contribution >= 4 is 29.3 Å². The van der Waals surface area contributed by atoms with Crippen LogP contribution >= 0.6 is 11.6 Å². The molecule has 2 aromatic carbocycles. The lowest BCUT2D eigenvalue weighted by Gasteiger charge is -2.10. The van der Waals surface area contributed by atoms with Crippen LogP contribution in [0.3, 0.4) is 0 Å². The van der Waals surface area contributed by atoms with Crippen molar-refractivity contribution < 1.29 is 24.6 Å². The maximum atomic E-state index is 11.3. The summed E-state index contributed by atoms with van der Waals surface area (Å²) in [6.07, 6.45) is -0.376. The number of carbonyl (C=O) groups is 3. The van der Waals surface area contributed by atoms with Gasteiger partial charge in [-0.2, -0.15) is 0 Å². The molecule has 0 radical (unpaired) electrons. The van der Waals surface area contributed by atoms with Gasteiger partial charge in [-0.05, 0) is 30.2 Å². The van der Waals surface area contributed by atoms with Gasteiger partial charge in [-0.15, -0.1) is 0 Å². The summed E-state index contributed by atoms with van der Waals surface area (Å²) in [7, 11) is 0. The smallest absolute Gasteiger partial charge is 0.336 e. The van der Waals surface area contributed by atoms with Gasteiger partial charge in [-0.1, -0.05) is 35.9 Å². The summed E-state index contributed by atoms with van der Waals surface area (Å²) in [5, 5.41) is 18.4. The number of carboxylic acid groups (broad SMARTS) is 2. The lowest BCUT2D eigenvalue weighted by Crippen LogP contribution is -2.08. The molecule has 23 heavy (non-hydrogen) atoms. The Balaban J connectivity index is 2.52. The number of Topliss-reactive ketones (excluding diaryl/α,β-unsaturated/α-hetero) is 1. The molecule has 118 valence electrons. The van der Waals surface area contributed by atoms with Crippen molar-refractivity contribution in [3.05, 3.63) is 58.1 Å². The quantitative estimate of drug-likeness (QED) is 0.817. The van der Waals surface area contributed by atoms with Crippen LogP contribution in [0, 0.1) is 0 Å². The van der Waals surface area contributed by atoms with Crippen molar-refractivity contribution in [1.29, 1.82) is 0 Å². The molecule has 2 aromatic rings. The van der Waals surface area contributed by atoms with Crippen LogP contribution in [-0.4, -0.2) is 27.9 Å².